The minimum absolute atomic E-state index is 0.216. The minimum atomic E-state index is -0.591. The van der Waals surface area contributed by atoms with Crippen LogP contribution in [-0.4, -0.2) is 27.9 Å². The van der Waals surface area contributed by atoms with Gasteiger partial charge in [0.2, 0.25) is 5.91 Å². The van der Waals surface area contributed by atoms with Crippen LogP contribution >= 0.6 is 0 Å². The van der Waals surface area contributed by atoms with Crippen molar-refractivity contribution in [3.05, 3.63) is 53.9 Å². The fraction of sp³-hybridized carbons (Fsp3) is 0.150. The number of hydrogen-bond donors (Lipinski definition) is 2. The van der Waals surface area contributed by atoms with Gasteiger partial charge in [0.1, 0.15) is 5.69 Å². The van der Waals surface area contributed by atoms with Gasteiger partial charge in [0.05, 0.1) is 12.1 Å². The van der Waals surface area contributed by atoms with Crippen LogP contribution in [-0.2, 0) is 11.8 Å². The van der Waals surface area contributed by atoms with Crippen molar-refractivity contribution >= 4 is 44.4 Å². The third-order valence-electron chi connectivity index (χ3n) is 4.82. The van der Waals surface area contributed by atoms with E-state index in [9.17, 15) is 9.59 Å². The van der Waals surface area contributed by atoms with Crippen LogP contribution in [0.5, 0.6) is 0 Å². The number of pyridine rings is 1. The van der Waals surface area contributed by atoms with Gasteiger partial charge < -0.3 is 15.6 Å². The largest absolute Gasteiger partial charge is 0.368 e. The quantitative estimate of drug-likeness (QED) is 0.597. The second-order valence-electron chi connectivity index (χ2n) is 6.38. The molecular weight excluding hydrogens is 328 g/mol. The molecule has 2 heterocycles. The monoisotopic (exact) mass is 346 g/mol. The first-order valence-electron chi connectivity index (χ1n) is 8.31. The molecule has 3 N–H and O–H groups in total. The Hall–Kier alpha value is -3.41. The Balaban J connectivity index is 2.04. The molecule has 0 radical (unpaired) electrons. The molecule has 2 amide bonds. The molecule has 26 heavy (non-hydrogen) atoms. The summed E-state index contributed by atoms with van der Waals surface area (Å²) in [5, 5.41) is 6.44. The number of nitrogens with two attached hydrogens (primary N) is 1. The molecular formula is C20H18N4O2. The molecule has 0 bridgehead atoms. The zero-order chi connectivity index (χ0) is 18.4. The van der Waals surface area contributed by atoms with Gasteiger partial charge in [-0.3, -0.25) is 14.6 Å². The topological polar surface area (TPSA) is 90.0 Å². The normalized spacial score (nSPS) is 11.3. The third kappa shape index (κ3) is 2.30. The molecule has 0 saturated carbocycles. The molecule has 0 aliphatic carbocycles. The summed E-state index contributed by atoms with van der Waals surface area (Å²) in [6.45, 7) is 1.83. The molecule has 0 aliphatic heterocycles. The van der Waals surface area contributed by atoms with Crippen LogP contribution in [0, 0.1) is 6.92 Å². The van der Waals surface area contributed by atoms with Gasteiger partial charge in [-0.15, -0.1) is 0 Å². The van der Waals surface area contributed by atoms with Gasteiger partial charge in [-0.25, -0.2) is 0 Å². The van der Waals surface area contributed by atoms with E-state index < -0.39 is 11.8 Å². The Kier molecular flexibility index (Phi) is 3.61. The number of amides is 2. The van der Waals surface area contributed by atoms with Crippen molar-refractivity contribution < 1.29 is 9.59 Å². The molecule has 0 aliphatic rings. The molecule has 0 atom stereocenters. The molecule has 4 aromatic rings. The zero-order valence-corrected chi connectivity index (χ0v) is 14.5. The molecule has 0 fully saturated rings. The fourth-order valence-electron chi connectivity index (χ4n) is 3.67. The van der Waals surface area contributed by atoms with E-state index in [0.29, 0.717) is 5.69 Å². The maximum Gasteiger partial charge on any atom is 0.270 e. The highest BCUT2D eigenvalue weighted by molar-refractivity contribution is 6.17. The number of aromatic nitrogens is 2. The van der Waals surface area contributed by atoms with Crippen molar-refractivity contribution in [1.29, 1.82) is 0 Å². The lowest BCUT2D eigenvalue weighted by Gasteiger charge is -2.10. The maximum absolute atomic E-state index is 12.5. The van der Waals surface area contributed by atoms with Crippen molar-refractivity contribution in [2.45, 2.75) is 6.92 Å². The predicted octanol–water partition coefficient (Wildman–Crippen LogP) is 2.40. The third-order valence-corrected chi connectivity index (χ3v) is 4.82. The minimum Gasteiger partial charge on any atom is -0.368 e. The van der Waals surface area contributed by atoms with E-state index in [0.717, 1.165) is 38.1 Å². The first-order chi connectivity index (χ1) is 12.5. The van der Waals surface area contributed by atoms with Crippen molar-refractivity contribution in [3.63, 3.8) is 0 Å². The predicted molar refractivity (Wildman–Crippen MR) is 102 cm³/mol. The lowest BCUT2D eigenvalue weighted by molar-refractivity contribution is -0.117. The highest BCUT2D eigenvalue weighted by Crippen LogP contribution is 2.35. The second-order valence-corrected chi connectivity index (χ2v) is 6.38. The number of primary amides is 1. The number of para-hydroxylation sites is 1. The number of fused-ring (bicyclic) bond motifs is 4. The molecule has 0 spiro atoms. The molecule has 0 unspecified atom stereocenters. The summed E-state index contributed by atoms with van der Waals surface area (Å²) in [7, 11) is 2.05. The van der Waals surface area contributed by atoms with E-state index in [4.69, 9.17) is 5.73 Å². The van der Waals surface area contributed by atoms with Gasteiger partial charge in [-0.2, -0.15) is 0 Å². The van der Waals surface area contributed by atoms with E-state index >= 15 is 0 Å². The number of nitrogens with zero attached hydrogens (tertiary/aromatic N) is 2. The van der Waals surface area contributed by atoms with Gasteiger partial charge in [-0.1, -0.05) is 18.2 Å². The average Bonchev–Trinajstić information content (AvgIpc) is 2.92. The van der Waals surface area contributed by atoms with Gasteiger partial charge in [-0.05, 0) is 36.1 Å². The van der Waals surface area contributed by atoms with Crippen LogP contribution in [0.25, 0.3) is 32.6 Å². The van der Waals surface area contributed by atoms with E-state index in [2.05, 4.69) is 33.9 Å². The maximum atomic E-state index is 12.5. The summed E-state index contributed by atoms with van der Waals surface area (Å²) in [5.74, 6) is -1.00. The van der Waals surface area contributed by atoms with E-state index in [1.807, 2.05) is 31.3 Å². The Morgan fingerprint density at radius 3 is 2.65 bits per heavy atom. The van der Waals surface area contributed by atoms with Crippen LogP contribution in [0.15, 0.2) is 42.6 Å². The standard InChI is InChI=1S/C20H18N4O2/c1-11-12-7-8-22-18(20(26)23-10-17(21)25)14(12)9-15-13-5-3-4-6-16(13)24(2)19(11)15/h3-9H,10H2,1-2H3,(H2,21,25)(H,23,26). The zero-order valence-electron chi connectivity index (χ0n) is 14.5. The Morgan fingerprint density at radius 1 is 1.12 bits per heavy atom. The van der Waals surface area contributed by atoms with Crippen molar-refractivity contribution in [2.75, 3.05) is 6.54 Å². The van der Waals surface area contributed by atoms with Crippen molar-refractivity contribution in [1.82, 2.24) is 14.9 Å². The number of carbonyl (C=O) groups is 2. The first kappa shape index (κ1) is 16.1. The summed E-state index contributed by atoms with van der Waals surface area (Å²) >= 11 is 0. The summed E-state index contributed by atoms with van der Waals surface area (Å²) in [6.07, 6.45) is 1.61. The highest BCUT2D eigenvalue weighted by atomic mass is 16.2. The van der Waals surface area contributed by atoms with Crippen LogP contribution in [0.4, 0.5) is 0 Å². The van der Waals surface area contributed by atoms with Gasteiger partial charge in [0.15, 0.2) is 0 Å². The molecule has 6 nitrogen and oxygen atoms in total. The molecule has 6 heteroatoms. The van der Waals surface area contributed by atoms with Crippen LogP contribution in [0.1, 0.15) is 16.1 Å². The molecule has 2 aromatic carbocycles. The van der Waals surface area contributed by atoms with Crippen LogP contribution in [0.2, 0.25) is 0 Å². The average molecular weight is 346 g/mol. The van der Waals surface area contributed by atoms with E-state index in [1.54, 1.807) is 6.20 Å². The Bertz CT molecular complexity index is 1210. The van der Waals surface area contributed by atoms with Gasteiger partial charge >= 0.3 is 0 Å². The number of rotatable bonds is 3. The summed E-state index contributed by atoms with van der Waals surface area (Å²) in [4.78, 5) is 27.7. The SMILES string of the molecule is Cc1c2ccnc(C(=O)NCC(N)=O)c2cc2c3ccccc3n(C)c12. The second kappa shape index (κ2) is 5.84. The number of carbonyl (C=O) groups excluding carboxylic acids is 2. The lowest BCUT2D eigenvalue weighted by Crippen LogP contribution is -2.33. The van der Waals surface area contributed by atoms with Crippen molar-refractivity contribution in [2.24, 2.45) is 12.8 Å². The van der Waals surface area contributed by atoms with Crippen molar-refractivity contribution in [3.8, 4) is 0 Å². The van der Waals surface area contributed by atoms with Crippen LogP contribution in [0.3, 0.4) is 0 Å². The summed E-state index contributed by atoms with van der Waals surface area (Å²) in [6, 6.07) is 12.1. The lowest BCUT2D eigenvalue weighted by atomic mass is 10.00. The van der Waals surface area contributed by atoms with E-state index in [-0.39, 0.29) is 6.54 Å². The van der Waals surface area contributed by atoms with Gasteiger partial charge in [0.25, 0.3) is 5.91 Å². The molecule has 130 valence electrons. The smallest absolute Gasteiger partial charge is 0.270 e. The summed E-state index contributed by atoms with van der Waals surface area (Å²) < 4.78 is 2.17. The fourth-order valence-corrected chi connectivity index (χ4v) is 3.67. The molecule has 4 rings (SSSR count). The number of hydrogen-bond acceptors (Lipinski definition) is 3. The Labute approximate surface area is 149 Å². The molecule has 2 aromatic heterocycles. The number of nitrogens with one attached hydrogen (secondary N) is 1. The number of benzene rings is 2. The Morgan fingerprint density at radius 2 is 1.88 bits per heavy atom. The first-order valence-corrected chi connectivity index (χ1v) is 8.31. The van der Waals surface area contributed by atoms with E-state index in [1.165, 1.54) is 0 Å². The van der Waals surface area contributed by atoms with Crippen LogP contribution < -0.4 is 11.1 Å². The highest BCUT2D eigenvalue weighted by Gasteiger charge is 2.18. The molecule has 0 saturated heterocycles. The van der Waals surface area contributed by atoms with Gasteiger partial charge in [0, 0.05) is 34.9 Å². The summed E-state index contributed by atoms with van der Waals surface area (Å²) in [5.41, 5.74) is 8.76. The number of aryl methyl sites for hydroxylation is 2.